The molecule has 1 aliphatic rings. The van der Waals surface area contributed by atoms with Crippen LogP contribution in [0.4, 0.5) is 0 Å². The highest BCUT2D eigenvalue weighted by atomic mass is 32.2. The first-order chi connectivity index (χ1) is 9.79. The number of nitrogens with zero attached hydrogens (tertiary/aromatic N) is 1. The first kappa shape index (κ1) is 15.9. The third-order valence-corrected chi connectivity index (χ3v) is 5.02. The molecule has 1 heterocycles. The zero-order valence-electron chi connectivity index (χ0n) is 11.8. The van der Waals surface area contributed by atoms with E-state index in [1.54, 1.807) is 0 Å². The van der Waals surface area contributed by atoms with Crippen molar-refractivity contribution in [1.82, 2.24) is 9.62 Å². The van der Waals surface area contributed by atoms with E-state index in [-0.39, 0.29) is 17.5 Å². The number of hydrogen-bond acceptors (Lipinski definition) is 6. The molecule has 0 bridgehead atoms. The lowest BCUT2D eigenvalue weighted by atomic mass is 10.1. The normalized spacial score (nSPS) is 18.0. The summed E-state index contributed by atoms with van der Waals surface area (Å²) < 4.78 is 24.3. The molecule has 0 amide bonds. The van der Waals surface area contributed by atoms with Crippen LogP contribution in [-0.2, 0) is 16.6 Å². The van der Waals surface area contributed by atoms with Crippen molar-refractivity contribution in [3.05, 3.63) is 17.7 Å². The van der Waals surface area contributed by atoms with Gasteiger partial charge < -0.3 is 20.6 Å². The zero-order valence-corrected chi connectivity index (χ0v) is 12.6. The maximum absolute atomic E-state index is 11.4. The molecule has 4 N–H and O–H groups in total. The Balaban J connectivity index is 1.90. The topological polar surface area (TPSA) is 110 Å². The highest BCUT2D eigenvalue weighted by molar-refractivity contribution is 7.88. The van der Waals surface area contributed by atoms with E-state index in [4.69, 9.17) is 0 Å². The van der Waals surface area contributed by atoms with E-state index >= 15 is 0 Å². The van der Waals surface area contributed by atoms with Gasteiger partial charge in [-0.05, 0) is 18.9 Å². The Labute approximate surface area is 123 Å². The highest BCUT2D eigenvalue weighted by Gasteiger charge is 2.24. The second kappa shape index (κ2) is 6.08. The molecule has 0 unspecified atom stereocenters. The van der Waals surface area contributed by atoms with Gasteiger partial charge in [0.2, 0.25) is 15.8 Å². The molecular weight excluding hydrogens is 296 g/mol. The van der Waals surface area contributed by atoms with Crippen molar-refractivity contribution in [3.63, 3.8) is 0 Å². The minimum Gasteiger partial charge on any atom is -0.504 e. The van der Waals surface area contributed by atoms with E-state index in [0.29, 0.717) is 38.0 Å². The van der Waals surface area contributed by atoms with Gasteiger partial charge in [-0.1, -0.05) is 6.07 Å². The summed E-state index contributed by atoms with van der Waals surface area (Å²) in [6, 6.07) is 3.00. The largest absolute Gasteiger partial charge is 0.504 e. The third-order valence-electron chi connectivity index (χ3n) is 3.72. The number of phenolic OH excluding ortho intramolecular Hbond substituents is 3. The Hall–Kier alpha value is -1.51. The van der Waals surface area contributed by atoms with E-state index in [1.807, 2.05) is 0 Å². The number of piperidine rings is 1. The first-order valence-corrected chi connectivity index (χ1v) is 8.55. The number of aromatic hydroxyl groups is 3. The van der Waals surface area contributed by atoms with Crippen molar-refractivity contribution in [2.24, 2.45) is 0 Å². The second-order valence-corrected chi connectivity index (χ2v) is 7.24. The molecule has 0 aromatic heterocycles. The molecule has 1 aromatic rings. The molecule has 118 valence electrons. The second-order valence-electron chi connectivity index (χ2n) is 5.26. The first-order valence-electron chi connectivity index (χ1n) is 6.70. The lowest BCUT2D eigenvalue weighted by Gasteiger charge is -2.30. The molecule has 1 fully saturated rings. The molecule has 8 heteroatoms. The molecule has 1 aliphatic heterocycles. The molecule has 0 atom stereocenters. The monoisotopic (exact) mass is 316 g/mol. The van der Waals surface area contributed by atoms with Crippen molar-refractivity contribution in [2.75, 3.05) is 19.3 Å². The molecule has 1 aromatic carbocycles. The summed E-state index contributed by atoms with van der Waals surface area (Å²) in [5, 5.41) is 31.6. The molecule has 0 radical (unpaired) electrons. The number of rotatable bonds is 4. The fourth-order valence-corrected chi connectivity index (χ4v) is 3.27. The summed E-state index contributed by atoms with van der Waals surface area (Å²) in [5.74, 6) is -1.23. The molecule has 0 spiro atoms. The lowest BCUT2D eigenvalue weighted by molar-refractivity contribution is 0.288. The highest BCUT2D eigenvalue weighted by Crippen LogP contribution is 2.36. The third kappa shape index (κ3) is 3.78. The van der Waals surface area contributed by atoms with Crippen LogP contribution in [-0.4, -0.2) is 53.4 Å². The van der Waals surface area contributed by atoms with Gasteiger partial charge in [0.05, 0.1) is 6.26 Å². The van der Waals surface area contributed by atoms with Crippen LogP contribution in [0, 0.1) is 0 Å². The number of nitrogens with one attached hydrogen (secondary N) is 1. The van der Waals surface area contributed by atoms with E-state index in [0.717, 1.165) is 0 Å². The Morgan fingerprint density at radius 2 is 1.81 bits per heavy atom. The lowest BCUT2D eigenvalue weighted by Crippen LogP contribution is -2.44. The van der Waals surface area contributed by atoms with E-state index in [1.165, 1.54) is 22.7 Å². The summed E-state index contributed by atoms with van der Waals surface area (Å²) in [5.41, 5.74) is 0.482. The summed E-state index contributed by atoms with van der Waals surface area (Å²) in [7, 11) is -3.13. The number of phenols is 3. The quantitative estimate of drug-likeness (QED) is 0.595. The maximum atomic E-state index is 11.4. The number of benzene rings is 1. The van der Waals surface area contributed by atoms with Gasteiger partial charge in [0.1, 0.15) is 0 Å². The van der Waals surface area contributed by atoms with Gasteiger partial charge in [-0.25, -0.2) is 12.7 Å². The molecule has 0 saturated carbocycles. The Morgan fingerprint density at radius 1 is 1.19 bits per heavy atom. The Morgan fingerprint density at radius 3 is 2.38 bits per heavy atom. The van der Waals surface area contributed by atoms with Crippen molar-refractivity contribution in [2.45, 2.75) is 25.4 Å². The van der Waals surface area contributed by atoms with E-state index < -0.39 is 15.8 Å². The van der Waals surface area contributed by atoms with Gasteiger partial charge in [-0.3, -0.25) is 0 Å². The minimum absolute atomic E-state index is 0.151. The van der Waals surface area contributed by atoms with Gasteiger partial charge in [-0.15, -0.1) is 0 Å². The summed E-state index contributed by atoms with van der Waals surface area (Å²) in [6.45, 7) is 1.29. The molecule has 2 rings (SSSR count). The molecule has 1 saturated heterocycles. The number of hydrogen-bond donors (Lipinski definition) is 4. The van der Waals surface area contributed by atoms with Crippen molar-refractivity contribution >= 4 is 10.0 Å². The van der Waals surface area contributed by atoms with Crippen molar-refractivity contribution in [3.8, 4) is 17.2 Å². The Kier molecular flexibility index (Phi) is 4.60. The Bertz CT molecular complexity index is 609. The summed E-state index contributed by atoms with van der Waals surface area (Å²) in [6.07, 6.45) is 2.59. The molecule has 0 aliphatic carbocycles. The van der Waals surface area contributed by atoms with Crippen LogP contribution in [0.25, 0.3) is 0 Å². The van der Waals surface area contributed by atoms with Gasteiger partial charge in [-0.2, -0.15) is 0 Å². The van der Waals surface area contributed by atoms with E-state index in [9.17, 15) is 23.7 Å². The van der Waals surface area contributed by atoms with Crippen LogP contribution in [0.15, 0.2) is 12.1 Å². The van der Waals surface area contributed by atoms with Gasteiger partial charge >= 0.3 is 0 Å². The SMILES string of the molecule is CS(=O)(=O)N1CCC(NCc2ccc(O)c(O)c2O)CC1. The van der Waals surface area contributed by atoms with Crippen LogP contribution < -0.4 is 5.32 Å². The fraction of sp³-hybridized carbons (Fsp3) is 0.538. The summed E-state index contributed by atoms with van der Waals surface area (Å²) in [4.78, 5) is 0. The van der Waals surface area contributed by atoms with Crippen LogP contribution in [0.1, 0.15) is 18.4 Å². The van der Waals surface area contributed by atoms with Crippen LogP contribution in [0.5, 0.6) is 17.2 Å². The van der Waals surface area contributed by atoms with Gasteiger partial charge in [0.25, 0.3) is 0 Å². The van der Waals surface area contributed by atoms with E-state index in [2.05, 4.69) is 5.32 Å². The number of sulfonamides is 1. The molecular formula is C13H20N2O5S. The van der Waals surface area contributed by atoms with Crippen LogP contribution >= 0.6 is 0 Å². The summed E-state index contributed by atoms with van der Waals surface area (Å²) >= 11 is 0. The predicted octanol–water partition coefficient (Wildman–Crippen LogP) is 0.317. The van der Waals surface area contributed by atoms with Crippen molar-refractivity contribution < 1.29 is 23.7 Å². The van der Waals surface area contributed by atoms with Crippen molar-refractivity contribution in [1.29, 1.82) is 0 Å². The van der Waals surface area contributed by atoms with Crippen LogP contribution in [0.2, 0.25) is 0 Å². The maximum Gasteiger partial charge on any atom is 0.211 e. The molecule has 21 heavy (non-hydrogen) atoms. The predicted molar refractivity (Wildman–Crippen MR) is 77.7 cm³/mol. The standard InChI is InChI=1S/C13H20N2O5S/c1-21(19,20)15-6-4-10(5-7-15)14-8-9-2-3-11(16)13(18)12(9)17/h2-3,10,14,16-18H,4-8H2,1H3. The average molecular weight is 316 g/mol. The minimum atomic E-state index is -3.13. The van der Waals surface area contributed by atoms with Crippen LogP contribution in [0.3, 0.4) is 0 Å². The fourth-order valence-electron chi connectivity index (χ4n) is 2.40. The smallest absolute Gasteiger partial charge is 0.211 e. The van der Waals surface area contributed by atoms with Gasteiger partial charge in [0, 0.05) is 31.2 Å². The zero-order chi connectivity index (χ0) is 15.6. The van der Waals surface area contributed by atoms with Gasteiger partial charge in [0.15, 0.2) is 11.5 Å². The average Bonchev–Trinajstić information content (AvgIpc) is 2.43. The molecule has 7 nitrogen and oxygen atoms in total.